The van der Waals surface area contributed by atoms with Crippen molar-refractivity contribution in [2.24, 2.45) is 0 Å². The molecule has 2 aromatic carbocycles. The van der Waals surface area contributed by atoms with Gasteiger partial charge in [-0.2, -0.15) is 0 Å². The van der Waals surface area contributed by atoms with Gasteiger partial charge in [-0.25, -0.2) is 4.79 Å². The average molecular weight is 272 g/mol. The first-order chi connectivity index (χ1) is 9.26. The Balaban J connectivity index is 2.36. The monoisotopic (exact) mass is 272 g/mol. The number of hydrogen-bond acceptors (Lipinski definition) is 3. The Labute approximate surface area is 117 Å². The molecule has 2 nitrogen and oxygen atoms in total. The van der Waals surface area contributed by atoms with Gasteiger partial charge in [-0.3, -0.25) is 0 Å². The van der Waals surface area contributed by atoms with Crippen molar-refractivity contribution in [3.05, 3.63) is 65.2 Å². The number of hydrogen-bond donors (Lipinski definition) is 0. The number of benzene rings is 2. The maximum Gasteiger partial charge on any atom is 0.338 e. The summed E-state index contributed by atoms with van der Waals surface area (Å²) in [4.78, 5) is 13.0. The summed E-state index contributed by atoms with van der Waals surface area (Å²) in [5, 5.41) is 0. The second-order valence-electron chi connectivity index (χ2n) is 4.14. The van der Waals surface area contributed by atoms with Gasteiger partial charge < -0.3 is 4.74 Å². The molecule has 2 aromatic rings. The molecular formula is C16H16O2S. The lowest BCUT2D eigenvalue weighted by atomic mass is 10.00. The third-order valence-electron chi connectivity index (χ3n) is 3.00. The summed E-state index contributed by atoms with van der Waals surface area (Å²) in [6, 6.07) is 15.8. The van der Waals surface area contributed by atoms with Crippen LogP contribution in [0.3, 0.4) is 0 Å². The van der Waals surface area contributed by atoms with Gasteiger partial charge in [-0.15, -0.1) is 11.8 Å². The molecule has 0 radical (unpaired) electrons. The maximum absolute atomic E-state index is 11.8. The molecule has 0 bridgehead atoms. The molecule has 0 aliphatic rings. The lowest BCUT2D eigenvalue weighted by Crippen LogP contribution is -2.06. The minimum atomic E-state index is -0.280. The first kappa shape index (κ1) is 13.7. The summed E-state index contributed by atoms with van der Waals surface area (Å²) >= 11 is 1.72. The minimum Gasteiger partial charge on any atom is -0.465 e. The standard InChI is InChI=1S/C16H16O2S/c1-18-16(17)14-9-5-3-7-12(14)11-13-8-4-6-10-15(13)19-2/h3-10H,11H2,1-2H3. The highest BCUT2D eigenvalue weighted by atomic mass is 32.2. The van der Waals surface area contributed by atoms with E-state index in [2.05, 4.69) is 18.4 Å². The molecule has 0 fully saturated rings. The van der Waals surface area contributed by atoms with Crippen LogP contribution in [0.4, 0.5) is 0 Å². The Morgan fingerprint density at radius 1 is 1.05 bits per heavy atom. The van der Waals surface area contributed by atoms with E-state index in [1.807, 2.05) is 36.4 Å². The van der Waals surface area contributed by atoms with E-state index in [1.165, 1.54) is 17.6 Å². The van der Waals surface area contributed by atoms with E-state index in [1.54, 1.807) is 11.8 Å². The van der Waals surface area contributed by atoms with Crippen LogP contribution in [-0.4, -0.2) is 19.3 Å². The molecule has 0 amide bonds. The molecule has 0 aliphatic carbocycles. The fourth-order valence-corrected chi connectivity index (χ4v) is 2.65. The Hall–Kier alpha value is -1.74. The molecular weight excluding hydrogens is 256 g/mol. The van der Waals surface area contributed by atoms with Gasteiger partial charge in [-0.05, 0) is 35.9 Å². The SMILES string of the molecule is COC(=O)c1ccccc1Cc1ccccc1SC. The van der Waals surface area contributed by atoms with Crippen molar-refractivity contribution in [3.8, 4) is 0 Å². The number of methoxy groups -OCH3 is 1. The molecule has 0 spiro atoms. The lowest BCUT2D eigenvalue weighted by molar-refractivity contribution is 0.0599. The van der Waals surface area contributed by atoms with E-state index in [4.69, 9.17) is 4.74 Å². The first-order valence-corrected chi connectivity index (χ1v) is 7.27. The van der Waals surface area contributed by atoms with E-state index in [0.29, 0.717) is 5.56 Å². The van der Waals surface area contributed by atoms with E-state index in [-0.39, 0.29) is 5.97 Å². The van der Waals surface area contributed by atoms with Crippen LogP contribution >= 0.6 is 11.8 Å². The molecule has 98 valence electrons. The zero-order valence-corrected chi connectivity index (χ0v) is 11.9. The third-order valence-corrected chi connectivity index (χ3v) is 3.83. The molecule has 0 aromatic heterocycles. The highest BCUT2D eigenvalue weighted by molar-refractivity contribution is 7.98. The summed E-state index contributed by atoms with van der Waals surface area (Å²) in [5.74, 6) is -0.280. The smallest absolute Gasteiger partial charge is 0.338 e. The van der Waals surface area contributed by atoms with Gasteiger partial charge in [0.2, 0.25) is 0 Å². The van der Waals surface area contributed by atoms with Gasteiger partial charge in [0.1, 0.15) is 0 Å². The number of rotatable bonds is 4. The van der Waals surface area contributed by atoms with Crippen molar-refractivity contribution in [2.75, 3.05) is 13.4 Å². The van der Waals surface area contributed by atoms with Crippen molar-refractivity contribution >= 4 is 17.7 Å². The molecule has 0 unspecified atom stereocenters. The van der Waals surface area contributed by atoms with Gasteiger partial charge >= 0.3 is 5.97 Å². The topological polar surface area (TPSA) is 26.3 Å². The number of carbonyl (C=O) groups excluding carboxylic acids is 1. The molecule has 0 saturated carbocycles. The third kappa shape index (κ3) is 3.18. The van der Waals surface area contributed by atoms with Gasteiger partial charge in [0.25, 0.3) is 0 Å². The second kappa shape index (κ2) is 6.43. The Bertz CT molecular complexity index is 578. The maximum atomic E-state index is 11.8. The van der Waals surface area contributed by atoms with Gasteiger partial charge in [0, 0.05) is 4.90 Å². The molecule has 0 atom stereocenters. The van der Waals surface area contributed by atoms with Crippen molar-refractivity contribution in [3.63, 3.8) is 0 Å². The van der Waals surface area contributed by atoms with Crippen LogP contribution in [0.5, 0.6) is 0 Å². The van der Waals surface area contributed by atoms with Crippen LogP contribution in [0.1, 0.15) is 21.5 Å². The number of carbonyl (C=O) groups is 1. The summed E-state index contributed by atoms with van der Waals surface area (Å²) in [5.41, 5.74) is 2.86. The molecule has 19 heavy (non-hydrogen) atoms. The molecule has 3 heteroatoms. The molecule has 2 rings (SSSR count). The minimum absolute atomic E-state index is 0.280. The Morgan fingerprint density at radius 3 is 2.37 bits per heavy atom. The predicted molar refractivity (Wildman–Crippen MR) is 78.8 cm³/mol. The van der Waals surface area contributed by atoms with Crippen LogP contribution < -0.4 is 0 Å². The first-order valence-electron chi connectivity index (χ1n) is 6.04. The average Bonchev–Trinajstić information content (AvgIpc) is 2.47. The fourth-order valence-electron chi connectivity index (χ4n) is 2.04. The van der Waals surface area contributed by atoms with E-state index < -0.39 is 0 Å². The van der Waals surface area contributed by atoms with Crippen molar-refractivity contribution < 1.29 is 9.53 Å². The zero-order chi connectivity index (χ0) is 13.7. The van der Waals surface area contributed by atoms with E-state index >= 15 is 0 Å². The largest absolute Gasteiger partial charge is 0.465 e. The predicted octanol–water partition coefficient (Wildman–Crippen LogP) is 3.79. The summed E-state index contributed by atoms with van der Waals surface area (Å²) in [6.07, 6.45) is 2.80. The number of thioether (sulfide) groups is 1. The van der Waals surface area contributed by atoms with Crippen LogP contribution in [0.2, 0.25) is 0 Å². The molecule has 0 aliphatic heterocycles. The summed E-state index contributed by atoms with van der Waals surface area (Å²) in [6.45, 7) is 0. The van der Waals surface area contributed by atoms with Gasteiger partial charge in [0.15, 0.2) is 0 Å². The molecule has 0 heterocycles. The number of ether oxygens (including phenoxy) is 1. The second-order valence-corrected chi connectivity index (χ2v) is 4.99. The van der Waals surface area contributed by atoms with Crippen LogP contribution in [-0.2, 0) is 11.2 Å². The summed E-state index contributed by atoms with van der Waals surface area (Å²) < 4.78 is 4.83. The lowest BCUT2D eigenvalue weighted by Gasteiger charge is -2.10. The van der Waals surface area contributed by atoms with E-state index in [9.17, 15) is 4.79 Å². The van der Waals surface area contributed by atoms with Crippen molar-refractivity contribution in [2.45, 2.75) is 11.3 Å². The Kier molecular flexibility index (Phi) is 4.63. The van der Waals surface area contributed by atoms with Crippen molar-refractivity contribution in [1.29, 1.82) is 0 Å². The molecule has 0 N–H and O–H groups in total. The highest BCUT2D eigenvalue weighted by Crippen LogP contribution is 2.24. The fraction of sp³-hybridized carbons (Fsp3) is 0.188. The zero-order valence-electron chi connectivity index (χ0n) is 11.1. The van der Waals surface area contributed by atoms with Gasteiger partial charge in [0.05, 0.1) is 12.7 Å². The highest BCUT2D eigenvalue weighted by Gasteiger charge is 2.12. The quantitative estimate of drug-likeness (QED) is 0.626. The van der Waals surface area contributed by atoms with Crippen LogP contribution in [0.15, 0.2) is 53.4 Å². The van der Waals surface area contributed by atoms with Gasteiger partial charge in [-0.1, -0.05) is 36.4 Å². The van der Waals surface area contributed by atoms with Crippen LogP contribution in [0, 0.1) is 0 Å². The number of esters is 1. The summed E-state index contributed by atoms with van der Waals surface area (Å²) in [7, 11) is 1.41. The van der Waals surface area contributed by atoms with E-state index in [0.717, 1.165) is 12.0 Å². The van der Waals surface area contributed by atoms with Crippen molar-refractivity contribution in [1.82, 2.24) is 0 Å². The Morgan fingerprint density at radius 2 is 1.68 bits per heavy atom. The molecule has 0 saturated heterocycles. The van der Waals surface area contributed by atoms with Crippen LogP contribution in [0.25, 0.3) is 0 Å². The normalized spacial score (nSPS) is 10.2.